The van der Waals surface area contributed by atoms with E-state index >= 15 is 0 Å². The molecule has 0 fully saturated rings. The van der Waals surface area contributed by atoms with E-state index in [9.17, 15) is 29.4 Å². The van der Waals surface area contributed by atoms with Gasteiger partial charge < -0.3 is 36.2 Å². The number of carbonyl (C=O) groups excluding carboxylic acids is 4. The summed E-state index contributed by atoms with van der Waals surface area (Å²) < 4.78 is 0. The average Bonchev–Trinajstić information content (AvgIpc) is 2.38. The van der Waals surface area contributed by atoms with Crippen molar-refractivity contribution >= 4 is 63.7 Å². The molecule has 21 heavy (non-hydrogen) atoms. The minimum absolute atomic E-state index is 0. The molecule has 0 aliphatic carbocycles. The summed E-state index contributed by atoms with van der Waals surface area (Å²) in [5, 5.41) is 24.8. The summed E-state index contributed by atoms with van der Waals surface area (Å²) in [6, 6.07) is -2.31. The molecule has 0 aromatic heterocycles. The van der Waals surface area contributed by atoms with Crippen molar-refractivity contribution in [3.8, 4) is 0 Å². The zero-order valence-corrected chi connectivity index (χ0v) is 15.7. The number of aliphatic carboxylic acids is 2. The molecule has 0 saturated heterocycles. The van der Waals surface area contributed by atoms with Crippen LogP contribution in [0.3, 0.4) is 0 Å². The Morgan fingerprint density at radius 3 is 2.19 bits per heavy atom. The monoisotopic (exact) mass is 513 g/mol. The zero-order chi connectivity index (χ0) is 15.7. The molecule has 0 saturated carbocycles. The summed E-state index contributed by atoms with van der Waals surface area (Å²) in [5.74, 6) is -4.35. The number of thiol groups is 1. The molecule has 0 aliphatic rings. The van der Waals surface area contributed by atoms with Crippen molar-refractivity contribution in [1.29, 1.82) is 0 Å². The smallest absolute Gasteiger partial charge is 0.548 e. The first-order chi connectivity index (χ1) is 9.27. The molecule has 9 nitrogen and oxygen atoms in total. The molecular weight excluding hydrogens is 497 g/mol. The number of rotatable bonds is 9. The molecule has 2 unspecified atom stereocenters. The number of nitrogens with one attached hydrogen (secondary N) is 2. The van der Waals surface area contributed by atoms with Crippen LogP contribution in [0.1, 0.15) is 12.8 Å². The molecule has 0 aromatic rings. The van der Waals surface area contributed by atoms with Gasteiger partial charge in [0.1, 0.15) is 6.04 Å². The fourth-order valence-corrected chi connectivity index (χ4v) is 1.40. The van der Waals surface area contributed by atoms with E-state index in [2.05, 4.69) is 17.9 Å². The summed E-state index contributed by atoms with van der Waals surface area (Å²) in [6.45, 7) is -0.686. The normalized spacial score (nSPS) is 12.5. The maximum absolute atomic E-state index is 11.5. The summed E-state index contributed by atoms with van der Waals surface area (Å²) >= 11 is 3.85. The van der Waals surface area contributed by atoms with Crippen LogP contribution in [0.4, 0.5) is 0 Å². The van der Waals surface area contributed by atoms with Crippen LogP contribution in [-0.4, -0.2) is 75.4 Å². The molecule has 0 aromatic carbocycles. The third-order valence-corrected chi connectivity index (χ3v) is 2.59. The minimum Gasteiger partial charge on any atom is -0.548 e. The topological polar surface area (TPSA) is 164 Å². The molecule has 2 atom stereocenters. The van der Waals surface area contributed by atoms with Crippen LogP contribution >= 0.6 is 12.6 Å². The summed E-state index contributed by atoms with van der Waals surface area (Å²) in [4.78, 5) is 43.4. The number of carbonyl (C=O) groups is 4. The van der Waals surface area contributed by atoms with Gasteiger partial charge in [0.2, 0.25) is 11.8 Å². The van der Waals surface area contributed by atoms with Gasteiger partial charge in [0.15, 0.2) is 0 Å². The van der Waals surface area contributed by atoms with E-state index in [-0.39, 0.29) is 45.9 Å². The van der Waals surface area contributed by atoms with Gasteiger partial charge >= 0.3 is 27.3 Å². The summed E-state index contributed by atoms with van der Waals surface area (Å²) in [5.41, 5.74) is 5.16. The first kappa shape index (κ1) is 22.4. The van der Waals surface area contributed by atoms with Crippen LogP contribution in [0.2, 0.25) is 0 Å². The third-order valence-electron chi connectivity index (χ3n) is 2.23. The van der Waals surface area contributed by atoms with Crippen LogP contribution in [0, 0.1) is 0 Å². The van der Waals surface area contributed by atoms with Crippen molar-refractivity contribution in [1.82, 2.24) is 10.6 Å². The Hall–Kier alpha value is -0.888. The van der Waals surface area contributed by atoms with Gasteiger partial charge in [0.25, 0.3) is 0 Å². The van der Waals surface area contributed by atoms with Gasteiger partial charge in [0, 0.05) is 18.2 Å². The van der Waals surface area contributed by atoms with Crippen LogP contribution in [0.25, 0.3) is 0 Å². The molecule has 2 amide bonds. The van der Waals surface area contributed by atoms with Gasteiger partial charge in [-0.05, 0) is 6.42 Å². The standard InChI is InChI=1S/C10H17N3O6S.Pb/c11-5(10(18)19)1-2-7(14)13-6(4-20)9(17)12-3-8(15)16;/h5-6,20H,1-4,11H2,(H,12,17)(H,13,14)(H,15,16)(H,18,19);/q;+2/p-2. The summed E-state index contributed by atoms with van der Waals surface area (Å²) in [7, 11) is 0. The third kappa shape index (κ3) is 10.5. The maximum Gasteiger partial charge on any atom is 2.00 e. The Bertz CT molecular complexity index is 395. The SMILES string of the molecule is NC(CCC(=O)NC(CS)C(=O)NCC(=O)[O-])C(=O)[O-].[Pb+2]. The number of hydrogen-bond acceptors (Lipinski definition) is 8. The van der Waals surface area contributed by atoms with Crippen molar-refractivity contribution in [2.75, 3.05) is 12.3 Å². The second kappa shape index (κ2) is 11.7. The number of carboxylic acids is 2. The number of hydrogen-bond donors (Lipinski definition) is 4. The van der Waals surface area contributed by atoms with Gasteiger partial charge in [0.05, 0.1) is 18.5 Å². The molecule has 0 rings (SSSR count). The Balaban J connectivity index is 0. The fourth-order valence-electron chi connectivity index (χ4n) is 1.15. The van der Waals surface area contributed by atoms with Gasteiger partial charge in [-0.3, -0.25) is 9.59 Å². The van der Waals surface area contributed by atoms with Crippen LogP contribution < -0.4 is 26.6 Å². The van der Waals surface area contributed by atoms with E-state index in [0.717, 1.165) is 0 Å². The van der Waals surface area contributed by atoms with Gasteiger partial charge in [-0.25, -0.2) is 0 Å². The average molecular weight is 513 g/mol. The van der Waals surface area contributed by atoms with Gasteiger partial charge in [-0.15, -0.1) is 0 Å². The van der Waals surface area contributed by atoms with E-state index in [4.69, 9.17) is 5.73 Å². The van der Waals surface area contributed by atoms with Crippen molar-refractivity contribution in [3.63, 3.8) is 0 Å². The van der Waals surface area contributed by atoms with Crippen molar-refractivity contribution < 1.29 is 29.4 Å². The summed E-state index contributed by atoms with van der Waals surface area (Å²) in [6.07, 6.45) is -0.360. The first-order valence-electron chi connectivity index (χ1n) is 5.62. The fraction of sp³-hybridized carbons (Fsp3) is 0.600. The van der Waals surface area contributed by atoms with E-state index in [1.54, 1.807) is 0 Å². The zero-order valence-electron chi connectivity index (χ0n) is 11.0. The number of amides is 2. The minimum atomic E-state index is -1.48. The Morgan fingerprint density at radius 2 is 1.76 bits per heavy atom. The largest absolute Gasteiger partial charge is 2.00 e. The maximum atomic E-state index is 11.5. The Labute approximate surface area is 146 Å². The molecule has 4 N–H and O–H groups in total. The molecular formula is C10H15N3O6PbS. The van der Waals surface area contributed by atoms with Crippen molar-refractivity contribution in [2.24, 2.45) is 5.73 Å². The van der Waals surface area contributed by atoms with Crippen molar-refractivity contribution in [2.45, 2.75) is 24.9 Å². The van der Waals surface area contributed by atoms with Crippen LogP contribution in [-0.2, 0) is 19.2 Å². The van der Waals surface area contributed by atoms with E-state index in [0.29, 0.717) is 0 Å². The number of nitrogens with two attached hydrogens (primary N) is 1. The molecule has 11 heteroatoms. The predicted molar refractivity (Wildman–Crippen MR) is 71.8 cm³/mol. The molecule has 0 bridgehead atoms. The van der Waals surface area contributed by atoms with Crippen LogP contribution in [0.15, 0.2) is 0 Å². The number of carboxylic acid groups (broad SMARTS) is 2. The molecule has 0 spiro atoms. The van der Waals surface area contributed by atoms with Gasteiger partial charge in [-0.2, -0.15) is 12.6 Å². The molecule has 2 radical (unpaired) electrons. The van der Waals surface area contributed by atoms with E-state index in [1.165, 1.54) is 0 Å². The van der Waals surface area contributed by atoms with Crippen molar-refractivity contribution in [3.05, 3.63) is 0 Å². The molecule has 0 heterocycles. The first-order valence-corrected chi connectivity index (χ1v) is 6.25. The van der Waals surface area contributed by atoms with Gasteiger partial charge in [-0.1, -0.05) is 0 Å². The van der Waals surface area contributed by atoms with Crippen LogP contribution in [0.5, 0.6) is 0 Å². The Morgan fingerprint density at radius 1 is 1.19 bits per heavy atom. The molecule has 0 aliphatic heterocycles. The molecule has 116 valence electrons. The van der Waals surface area contributed by atoms with E-state index < -0.39 is 42.4 Å². The van der Waals surface area contributed by atoms with E-state index in [1.807, 2.05) is 5.32 Å². The second-order valence-corrected chi connectivity index (χ2v) is 4.22. The quantitative estimate of drug-likeness (QED) is 0.177. The predicted octanol–water partition coefficient (Wildman–Crippen LogP) is -5.26. The Kier molecular flexibility index (Phi) is 12.5. The second-order valence-electron chi connectivity index (χ2n) is 3.86.